The number of benzene rings is 1. The van der Waals surface area contributed by atoms with Gasteiger partial charge in [-0.05, 0) is 50.8 Å². The summed E-state index contributed by atoms with van der Waals surface area (Å²) in [6.45, 7) is 5.90. The maximum atomic E-state index is 13.2. The molecule has 0 spiro atoms. The number of carbonyl (C=O) groups is 3. The predicted octanol–water partition coefficient (Wildman–Crippen LogP) is 4.32. The zero-order valence-electron chi connectivity index (χ0n) is 22.3. The standard InChI is InChI=1S/C26H38N4O6S2/c1-26(2,3)36-25(33)29-13-14-38-24(29)23(32)28-21(17-37-16-19-7-5-4-6-8-19)22(31)27-15-18-9-11-20(12-10-18)30(34)35/h9-12,19,21,24H,4-8,13-17H2,1-3H3,(H,27,31)(H,28,32)/t21-,24?/m0/s1. The van der Waals surface area contributed by atoms with Gasteiger partial charge in [-0.25, -0.2) is 4.79 Å². The van der Waals surface area contributed by atoms with Crippen LogP contribution in [-0.4, -0.2) is 68.6 Å². The second-order valence-electron chi connectivity index (χ2n) is 10.6. The van der Waals surface area contributed by atoms with E-state index in [1.807, 2.05) is 0 Å². The second kappa shape index (κ2) is 14.1. The molecule has 1 saturated carbocycles. The van der Waals surface area contributed by atoms with Crippen molar-refractivity contribution in [2.75, 3.05) is 23.8 Å². The lowest BCUT2D eigenvalue weighted by Crippen LogP contribution is -2.53. The van der Waals surface area contributed by atoms with Crippen LogP contribution in [0.25, 0.3) is 0 Å². The van der Waals surface area contributed by atoms with E-state index in [2.05, 4.69) is 10.6 Å². The number of nitro benzene ring substituents is 1. The van der Waals surface area contributed by atoms with Crippen LogP contribution in [0.1, 0.15) is 58.4 Å². The molecule has 38 heavy (non-hydrogen) atoms. The summed E-state index contributed by atoms with van der Waals surface area (Å²) in [5, 5.41) is 15.8. The molecule has 2 atom stereocenters. The van der Waals surface area contributed by atoms with Crippen LogP contribution in [0.3, 0.4) is 0 Å². The Hall–Kier alpha value is -2.47. The highest BCUT2D eigenvalue weighted by molar-refractivity contribution is 8.00. The average molecular weight is 567 g/mol. The Morgan fingerprint density at radius 2 is 1.87 bits per heavy atom. The average Bonchev–Trinajstić information content (AvgIpc) is 3.37. The van der Waals surface area contributed by atoms with Gasteiger partial charge in [-0.1, -0.05) is 31.4 Å². The summed E-state index contributed by atoms with van der Waals surface area (Å²) in [7, 11) is 0. The second-order valence-corrected chi connectivity index (χ2v) is 12.9. The van der Waals surface area contributed by atoms with Gasteiger partial charge in [0.1, 0.15) is 11.6 Å². The van der Waals surface area contributed by atoms with E-state index in [9.17, 15) is 24.5 Å². The van der Waals surface area contributed by atoms with E-state index in [1.165, 1.54) is 60.9 Å². The smallest absolute Gasteiger partial charge is 0.411 e. The number of nitro groups is 1. The zero-order chi connectivity index (χ0) is 27.7. The molecule has 2 N–H and O–H groups in total. The Kier molecular flexibility index (Phi) is 11.1. The summed E-state index contributed by atoms with van der Waals surface area (Å²) in [5.41, 5.74) is 0.0146. The molecule has 1 aliphatic heterocycles. The predicted molar refractivity (Wildman–Crippen MR) is 150 cm³/mol. The van der Waals surface area contributed by atoms with Crippen LogP contribution in [-0.2, 0) is 20.9 Å². The highest BCUT2D eigenvalue weighted by Crippen LogP contribution is 2.28. The van der Waals surface area contributed by atoms with Gasteiger partial charge in [-0.2, -0.15) is 11.8 Å². The van der Waals surface area contributed by atoms with Crippen molar-refractivity contribution in [1.82, 2.24) is 15.5 Å². The Morgan fingerprint density at radius 3 is 2.50 bits per heavy atom. The number of thioether (sulfide) groups is 2. The number of nitrogens with zero attached hydrogens (tertiary/aromatic N) is 2. The number of ether oxygens (including phenoxy) is 1. The van der Waals surface area contributed by atoms with Gasteiger partial charge in [-0.3, -0.25) is 24.6 Å². The van der Waals surface area contributed by atoms with Gasteiger partial charge in [0.2, 0.25) is 5.91 Å². The molecule has 2 fully saturated rings. The Balaban J connectivity index is 1.62. The largest absolute Gasteiger partial charge is 0.444 e. The van der Waals surface area contributed by atoms with E-state index in [0.717, 1.165) is 5.75 Å². The number of hydrogen-bond donors (Lipinski definition) is 2. The summed E-state index contributed by atoms with van der Waals surface area (Å²) in [5.74, 6) is 1.85. The first-order valence-electron chi connectivity index (χ1n) is 13.0. The molecule has 12 heteroatoms. The molecule has 1 unspecified atom stereocenters. The normalized spacial score (nSPS) is 19.0. The number of hydrogen-bond acceptors (Lipinski definition) is 8. The van der Waals surface area contributed by atoms with Crippen molar-refractivity contribution in [2.45, 2.75) is 76.4 Å². The maximum absolute atomic E-state index is 13.2. The van der Waals surface area contributed by atoms with Gasteiger partial charge in [0.05, 0.1) is 4.92 Å². The number of non-ortho nitro benzene ring substituents is 1. The highest BCUT2D eigenvalue weighted by Gasteiger charge is 2.38. The quantitative estimate of drug-likeness (QED) is 0.316. The third-order valence-corrected chi connectivity index (χ3v) is 8.83. The van der Waals surface area contributed by atoms with Crippen LogP contribution < -0.4 is 10.6 Å². The van der Waals surface area contributed by atoms with Crippen LogP contribution >= 0.6 is 23.5 Å². The van der Waals surface area contributed by atoms with E-state index >= 15 is 0 Å². The van der Waals surface area contributed by atoms with Gasteiger partial charge in [0, 0.05) is 36.7 Å². The van der Waals surface area contributed by atoms with Crippen molar-refractivity contribution in [3.63, 3.8) is 0 Å². The zero-order valence-corrected chi connectivity index (χ0v) is 23.9. The minimum absolute atomic E-state index is 0.0204. The molecular formula is C26H38N4O6S2. The lowest BCUT2D eigenvalue weighted by Gasteiger charge is -2.28. The van der Waals surface area contributed by atoms with Crippen molar-refractivity contribution in [1.29, 1.82) is 0 Å². The molecule has 1 aromatic rings. The molecule has 1 saturated heterocycles. The van der Waals surface area contributed by atoms with Crippen LogP contribution in [0.15, 0.2) is 24.3 Å². The van der Waals surface area contributed by atoms with Gasteiger partial charge >= 0.3 is 6.09 Å². The van der Waals surface area contributed by atoms with Crippen LogP contribution in [0.5, 0.6) is 0 Å². The minimum atomic E-state index is -0.782. The van der Waals surface area contributed by atoms with Crippen LogP contribution in [0.4, 0.5) is 10.5 Å². The van der Waals surface area contributed by atoms with E-state index in [1.54, 1.807) is 44.7 Å². The molecule has 0 aromatic heterocycles. The molecule has 0 bridgehead atoms. The Bertz CT molecular complexity index is 979. The SMILES string of the molecule is CC(C)(C)OC(=O)N1CCSC1C(=O)N[C@@H](CSCC1CCCCC1)C(=O)NCc1ccc([N+](=O)[O-])cc1. The van der Waals surface area contributed by atoms with Gasteiger partial charge in [0.25, 0.3) is 11.6 Å². The van der Waals surface area contributed by atoms with Gasteiger partial charge in [0.15, 0.2) is 5.37 Å². The lowest BCUT2D eigenvalue weighted by atomic mass is 9.91. The molecule has 1 aliphatic carbocycles. The third-order valence-electron chi connectivity index (χ3n) is 6.35. The fourth-order valence-corrected chi connectivity index (χ4v) is 6.76. The van der Waals surface area contributed by atoms with Crippen LogP contribution in [0, 0.1) is 16.0 Å². The molecular weight excluding hydrogens is 528 g/mol. The molecule has 3 rings (SSSR count). The lowest BCUT2D eigenvalue weighted by molar-refractivity contribution is -0.384. The van der Waals surface area contributed by atoms with E-state index in [4.69, 9.17) is 4.74 Å². The van der Waals surface area contributed by atoms with Crippen molar-refractivity contribution in [3.05, 3.63) is 39.9 Å². The number of amides is 3. The van der Waals surface area contributed by atoms with Gasteiger partial charge in [-0.15, -0.1) is 11.8 Å². The first kappa shape index (κ1) is 30.1. The summed E-state index contributed by atoms with van der Waals surface area (Å²) in [6.07, 6.45) is 5.59. The fraction of sp³-hybridized carbons (Fsp3) is 0.654. The van der Waals surface area contributed by atoms with E-state index in [0.29, 0.717) is 29.5 Å². The number of carbonyl (C=O) groups excluding carboxylic acids is 3. The van der Waals surface area contributed by atoms with Crippen molar-refractivity contribution in [3.8, 4) is 0 Å². The summed E-state index contributed by atoms with van der Waals surface area (Å²) in [6, 6.07) is 5.19. The molecule has 10 nitrogen and oxygen atoms in total. The van der Waals surface area contributed by atoms with Crippen molar-refractivity contribution in [2.24, 2.45) is 5.92 Å². The number of rotatable bonds is 10. The summed E-state index contributed by atoms with van der Waals surface area (Å²) >= 11 is 3.01. The maximum Gasteiger partial charge on any atom is 0.411 e. The Morgan fingerprint density at radius 1 is 1.18 bits per heavy atom. The molecule has 0 radical (unpaired) electrons. The first-order valence-corrected chi connectivity index (χ1v) is 15.2. The Labute approximate surface area is 232 Å². The first-order chi connectivity index (χ1) is 18.0. The molecule has 210 valence electrons. The van der Waals surface area contributed by atoms with Crippen molar-refractivity contribution >= 4 is 47.1 Å². The number of nitrogens with one attached hydrogen (secondary N) is 2. The monoisotopic (exact) mass is 566 g/mol. The molecule has 3 amide bonds. The van der Waals surface area contributed by atoms with Crippen molar-refractivity contribution < 1.29 is 24.0 Å². The summed E-state index contributed by atoms with van der Waals surface area (Å²) < 4.78 is 5.47. The molecule has 1 aromatic carbocycles. The molecule has 2 aliphatic rings. The highest BCUT2D eigenvalue weighted by atomic mass is 32.2. The topological polar surface area (TPSA) is 131 Å². The molecule has 1 heterocycles. The van der Waals surface area contributed by atoms with E-state index < -0.39 is 33.9 Å². The minimum Gasteiger partial charge on any atom is -0.444 e. The van der Waals surface area contributed by atoms with Crippen LogP contribution in [0.2, 0.25) is 0 Å². The third kappa shape index (κ3) is 9.37. The van der Waals surface area contributed by atoms with E-state index in [-0.39, 0.29) is 18.1 Å². The summed E-state index contributed by atoms with van der Waals surface area (Å²) in [4.78, 5) is 50.9. The fourth-order valence-electron chi connectivity index (χ4n) is 4.37. The van der Waals surface area contributed by atoms with Gasteiger partial charge < -0.3 is 15.4 Å².